The van der Waals surface area contributed by atoms with Gasteiger partial charge >= 0.3 is 5.97 Å². The topological polar surface area (TPSA) is 52.3 Å². The van der Waals surface area contributed by atoms with Crippen LogP contribution < -0.4 is 5.73 Å². The van der Waals surface area contributed by atoms with E-state index in [-0.39, 0.29) is 33.0 Å². The Hall–Kier alpha value is -0.830. The van der Waals surface area contributed by atoms with Gasteiger partial charge in [0.2, 0.25) is 0 Å². The number of fused-ring (bicyclic) bond motifs is 7. The van der Waals surface area contributed by atoms with E-state index in [1.54, 1.807) is 12.7 Å². The minimum absolute atomic E-state index is 0.0573. The molecule has 8 atom stereocenters. The third-order valence-corrected chi connectivity index (χ3v) is 13.3. The Morgan fingerprint density at radius 1 is 0.912 bits per heavy atom. The van der Waals surface area contributed by atoms with Crippen LogP contribution in [0.1, 0.15) is 113 Å². The van der Waals surface area contributed by atoms with Gasteiger partial charge in [0.05, 0.1) is 12.5 Å². The molecule has 0 aromatic heterocycles. The number of carbonyl (C=O) groups excluding carboxylic acids is 1. The van der Waals surface area contributed by atoms with Crippen molar-refractivity contribution in [1.29, 1.82) is 0 Å². The lowest BCUT2D eigenvalue weighted by atomic mass is 9.33. The lowest BCUT2D eigenvalue weighted by molar-refractivity contribution is -0.191. The minimum Gasteiger partial charge on any atom is -0.469 e. The maximum atomic E-state index is 13.4. The van der Waals surface area contributed by atoms with Crippen molar-refractivity contribution in [3.05, 3.63) is 11.6 Å². The van der Waals surface area contributed by atoms with Crippen molar-refractivity contribution in [2.24, 2.45) is 56.0 Å². The third-order valence-electron chi connectivity index (χ3n) is 13.3. The van der Waals surface area contributed by atoms with Gasteiger partial charge in [-0.25, -0.2) is 0 Å². The second-order valence-electron chi connectivity index (χ2n) is 15.3. The Morgan fingerprint density at radius 2 is 1.59 bits per heavy atom. The van der Waals surface area contributed by atoms with E-state index in [1.807, 2.05) is 0 Å². The van der Waals surface area contributed by atoms with Crippen molar-refractivity contribution in [1.82, 2.24) is 0 Å². The Kier molecular flexibility index (Phi) is 5.38. The quantitative estimate of drug-likeness (QED) is 0.324. The van der Waals surface area contributed by atoms with Crippen molar-refractivity contribution < 1.29 is 9.53 Å². The van der Waals surface area contributed by atoms with Crippen molar-refractivity contribution in [2.75, 3.05) is 7.11 Å². The molecule has 3 heteroatoms. The molecular formula is C31H51NO2. The van der Waals surface area contributed by atoms with Crippen LogP contribution in [0.5, 0.6) is 0 Å². The molecule has 0 bridgehead atoms. The average molecular weight is 470 g/mol. The molecule has 0 saturated heterocycles. The molecule has 0 amide bonds. The number of methoxy groups -OCH3 is 1. The van der Waals surface area contributed by atoms with E-state index in [0.717, 1.165) is 38.5 Å². The molecule has 0 radical (unpaired) electrons. The standard InChI is InChI=1S/C31H51NO2/c1-26(2)15-17-31(25(33)34-8)18-16-29(6)20(21(31)19-26)9-10-23-28(5)13-12-24(32)27(3,4)22(28)11-14-30(23,29)7/h9,21-24H,10-19,32H2,1-8H3/t21?,22?,23?,24-,28+,29-,30-,31+/m1/s1. The maximum absolute atomic E-state index is 13.4. The minimum atomic E-state index is -0.306. The number of rotatable bonds is 1. The lowest BCUT2D eigenvalue weighted by Crippen LogP contribution is -2.65. The summed E-state index contributed by atoms with van der Waals surface area (Å²) in [5.41, 5.74) is 9.32. The highest BCUT2D eigenvalue weighted by atomic mass is 16.5. The number of carbonyl (C=O) groups is 1. The molecule has 2 N–H and O–H groups in total. The Labute approximate surface area is 209 Å². The third kappa shape index (κ3) is 2.94. The monoisotopic (exact) mass is 469 g/mol. The fourth-order valence-corrected chi connectivity index (χ4v) is 10.8. The number of nitrogens with two attached hydrogens (primary N) is 1. The van der Waals surface area contributed by atoms with E-state index < -0.39 is 0 Å². The molecular weight excluding hydrogens is 418 g/mol. The Balaban J connectivity index is 1.60. The summed E-state index contributed by atoms with van der Waals surface area (Å²) in [5.74, 6) is 1.79. The summed E-state index contributed by atoms with van der Waals surface area (Å²) >= 11 is 0. The summed E-state index contributed by atoms with van der Waals surface area (Å²) in [5, 5.41) is 0. The average Bonchev–Trinajstić information content (AvgIpc) is 2.76. The summed E-state index contributed by atoms with van der Waals surface area (Å²) in [6.07, 6.45) is 14.2. The highest BCUT2D eigenvalue weighted by Crippen LogP contribution is 2.75. The first-order chi connectivity index (χ1) is 15.7. The SMILES string of the molecule is COC(=O)[C@]12CCC(C)(C)CC1C1=CCC3[C@@]4(C)CC[C@@H](N)C(C)(C)C4CC[C@@]3(C)[C@]1(C)CC2. The maximum Gasteiger partial charge on any atom is 0.312 e. The van der Waals surface area contributed by atoms with Crippen molar-refractivity contribution in [2.45, 2.75) is 119 Å². The second kappa shape index (κ2) is 7.36. The number of hydrogen-bond donors (Lipinski definition) is 1. The predicted molar refractivity (Wildman–Crippen MR) is 139 cm³/mol. The first-order valence-electron chi connectivity index (χ1n) is 14.2. The molecule has 0 spiro atoms. The van der Waals surface area contributed by atoms with Gasteiger partial charge < -0.3 is 10.5 Å². The number of ether oxygens (including phenoxy) is 1. The molecule has 4 fully saturated rings. The summed E-state index contributed by atoms with van der Waals surface area (Å²) in [6, 6.07) is 0.319. The van der Waals surface area contributed by atoms with Gasteiger partial charge in [0, 0.05) is 6.04 Å². The zero-order chi connectivity index (χ0) is 24.9. The van der Waals surface area contributed by atoms with Crippen LogP contribution in [0.15, 0.2) is 11.6 Å². The molecule has 34 heavy (non-hydrogen) atoms. The molecule has 0 aromatic carbocycles. The highest BCUT2D eigenvalue weighted by molar-refractivity contribution is 5.78. The van der Waals surface area contributed by atoms with Gasteiger partial charge in [0.25, 0.3) is 0 Å². The summed E-state index contributed by atoms with van der Waals surface area (Å²) in [7, 11) is 1.60. The van der Waals surface area contributed by atoms with Gasteiger partial charge in [0.15, 0.2) is 0 Å². The van der Waals surface area contributed by atoms with Crippen molar-refractivity contribution in [3.8, 4) is 0 Å². The molecule has 192 valence electrons. The van der Waals surface area contributed by atoms with Crippen LogP contribution in [-0.2, 0) is 9.53 Å². The van der Waals surface area contributed by atoms with Crippen LogP contribution in [0.3, 0.4) is 0 Å². The zero-order valence-electron chi connectivity index (χ0n) is 23.4. The largest absolute Gasteiger partial charge is 0.469 e. The Bertz CT molecular complexity index is 903. The molecule has 3 nitrogen and oxygen atoms in total. The van der Waals surface area contributed by atoms with Gasteiger partial charge in [0.1, 0.15) is 0 Å². The van der Waals surface area contributed by atoms with Crippen molar-refractivity contribution >= 4 is 5.97 Å². The van der Waals surface area contributed by atoms with Crippen LogP contribution in [0.2, 0.25) is 0 Å². The van der Waals surface area contributed by atoms with E-state index in [1.165, 1.54) is 25.7 Å². The van der Waals surface area contributed by atoms with Gasteiger partial charge in [-0.15, -0.1) is 0 Å². The van der Waals surface area contributed by atoms with Crippen LogP contribution >= 0.6 is 0 Å². The molecule has 0 aliphatic heterocycles. The van der Waals surface area contributed by atoms with Crippen LogP contribution in [0.25, 0.3) is 0 Å². The van der Waals surface area contributed by atoms with E-state index >= 15 is 0 Å². The fourth-order valence-electron chi connectivity index (χ4n) is 10.8. The summed E-state index contributed by atoms with van der Waals surface area (Å²) < 4.78 is 5.50. The van der Waals surface area contributed by atoms with E-state index in [0.29, 0.717) is 29.2 Å². The fraction of sp³-hybridized carbons (Fsp3) is 0.903. The molecule has 0 heterocycles. The smallest absolute Gasteiger partial charge is 0.312 e. The van der Waals surface area contributed by atoms with Gasteiger partial charge in [-0.3, -0.25) is 4.79 Å². The van der Waals surface area contributed by atoms with Crippen LogP contribution in [-0.4, -0.2) is 19.1 Å². The highest BCUT2D eigenvalue weighted by Gasteiger charge is 2.69. The first kappa shape index (κ1) is 24.8. The summed E-state index contributed by atoms with van der Waals surface area (Å²) in [4.78, 5) is 13.4. The molecule has 5 aliphatic carbocycles. The number of allylic oxidation sites excluding steroid dienone is 2. The Morgan fingerprint density at radius 3 is 2.26 bits per heavy atom. The zero-order valence-corrected chi connectivity index (χ0v) is 23.4. The normalized spacial score (nSPS) is 51.1. The summed E-state index contributed by atoms with van der Waals surface area (Å²) in [6.45, 7) is 17.6. The lowest BCUT2D eigenvalue weighted by Gasteiger charge is -2.71. The van der Waals surface area contributed by atoms with E-state index in [2.05, 4.69) is 54.5 Å². The predicted octanol–water partition coefficient (Wildman–Crippen LogP) is 7.29. The van der Waals surface area contributed by atoms with Gasteiger partial charge in [-0.1, -0.05) is 60.1 Å². The van der Waals surface area contributed by atoms with Crippen molar-refractivity contribution in [3.63, 3.8) is 0 Å². The van der Waals surface area contributed by atoms with Crippen LogP contribution in [0.4, 0.5) is 0 Å². The van der Waals surface area contributed by atoms with E-state index in [4.69, 9.17) is 10.5 Å². The van der Waals surface area contributed by atoms with Gasteiger partial charge in [-0.05, 0) is 109 Å². The van der Waals surface area contributed by atoms with Crippen LogP contribution in [0, 0.1) is 50.2 Å². The molecule has 5 rings (SSSR count). The molecule has 0 aromatic rings. The second-order valence-corrected chi connectivity index (χ2v) is 15.3. The number of hydrogen-bond acceptors (Lipinski definition) is 3. The number of esters is 1. The van der Waals surface area contributed by atoms with Gasteiger partial charge in [-0.2, -0.15) is 0 Å². The van der Waals surface area contributed by atoms with E-state index in [9.17, 15) is 4.79 Å². The molecule has 5 aliphatic rings. The first-order valence-corrected chi connectivity index (χ1v) is 14.2. The molecule has 3 unspecified atom stereocenters. The molecule has 4 saturated carbocycles.